The van der Waals surface area contributed by atoms with Gasteiger partial charge in [-0.1, -0.05) is 85.6 Å². The largest absolute Gasteiger partial charge is 0.352 e. The van der Waals surface area contributed by atoms with Gasteiger partial charge in [0.05, 0.1) is 13.0 Å². The molecule has 1 aliphatic rings. The van der Waals surface area contributed by atoms with E-state index in [1.807, 2.05) is 77.7 Å². The number of nitrogens with zero attached hydrogens (tertiary/aromatic N) is 1. The highest BCUT2D eigenvalue weighted by Gasteiger charge is 2.28. The van der Waals surface area contributed by atoms with E-state index in [4.69, 9.17) is 0 Å². The minimum atomic E-state index is -0.0252. The Morgan fingerprint density at radius 3 is 2.09 bits per heavy atom. The van der Waals surface area contributed by atoms with Crippen LogP contribution in [0.2, 0.25) is 0 Å². The highest BCUT2D eigenvalue weighted by atomic mass is 16.2. The average Bonchev–Trinajstić information content (AvgIpc) is 3.37. The van der Waals surface area contributed by atoms with Gasteiger partial charge in [0.25, 0.3) is 0 Å². The highest BCUT2D eigenvalue weighted by Crippen LogP contribution is 2.30. The van der Waals surface area contributed by atoms with E-state index in [9.17, 15) is 9.59 Å². The standard InChI is InChI=1S/C28H30N2O2/c31-27(29-20-22-10-3-1-4-11-22)19-24-14-9-17-26(18-24)30(21-23-12-5-2-6-13-23)28(32)25-15-7-8-16-25/h1-6,9-14,17-18,25H,7-8,15-16,19-21H2,(H,29,31). The predicted octanol–water partition coefficient (Wildman–Crippen LogP) is 5.27. The molecule has 1 N–H and O–H groups in total. The molecule has 4 heteroatoms. The smallest absolute Gasteiger partial charge is 0.230 e. The fourth-order valence-electron chi connectivity index (χ4n) is 4.33. The maximum atomic E-state index is 13.4. The number of carbonyl (C=O) groups excluding carboxylic acids is 2. The maximum absolute atomic E-state index is 13.4. The molecule has 0 heterocycles. The molecule has 0 atom stereocenters. The molecule has 0 aromatic heterocycles. The fourth-order valence-corrected chi connectivity index (χ4v) is 4.33. The van der Waals surface area contributed by atoms with Gasteiger partial charge in [-0.25, -0.2) is 0 Å². The third-order valence-electron chi connectivity index (χ3n) is 6.07. The number of nitrogens with one attached hydrogen (secondary N) is 1. The molecule has 3 aromatic rings. The van der Waals surface area contributed by atoms with Crippen LogP contribution in [0, 0.1) is 5.92 Å². The second-order valence-corrected chi connectivity index (χ2v) is 8.50. The van der Waals surface area contributed by atoms with Crippen molar-refractivity contribution in [2.75, 3.05) is 4.90 Å². The zero-order valence-electron chi connectivity index (χ0n) is 18.4. The monoisotopic (exact) mass is 426 g/mol. The molecule has 2 amide bonds. The molecule has 4 rings (SSSR count). The fraction of sp³-hybridized carbons (Fsp3) is 0.286. The van der Waals surface area contributed by atoms with Crippen molar-refractivity contribution in [3.8, 4) is 0 Å². The molecule has 0 unspecified atom stereocenters. The minimum Gasteiger partial charge on any atom is -0.352 e. The average molecular weight is 427 g/mol. The Kier molecular flexibility index (Phi) is 7.34. The van der Waals surface area contributed by atoms with Crippen molar-refractivity contribution >= 4 is 17.5 Å². The first-order chi connectivity index (χ1) is 15.7. The zero-order valence-corrected chi connectivity index (χ0v) is 18.4. The predicted molar refractivity (Wildman–Crippen MR) is 128 cm³/mol. The molecule has 0 spiro atoms. The molecule has 3 aromatic carbocycles. The van der Waals surface area contributed by atoms with Gasteiger partial charge >= 0.3 is 0 Å². The van der Waals surface area contributed by atoms with Crippen molar-refractivity contribution in [1.82, 2.24) is 5.32 Å². The van der Waals surface area contributed by atoms with Crippen LogP contribution in [-0.4, -0.2) is 11.8 Å². The van der Waals surface area contributed by atoms with Crippen molar-refractivity contribution in [2.45, 2.75) is 45.2 Å². The number of hydrogen-bond acceptors (Lipinski definition) is 2. The molecule has 164 valence electrons. The first-order valence-electron chi connectivity index (χ1n) is 11.4. The number of carbonyl (C=O) groups is 2. The van der Waals surface area contributed by atoms with Gasteiger partial charge in [-0.05, 0) is 41.7 Å². The second-order valence-electron chi connectivity index (χ2n) is 8.50. The van der Waals surface area contributed by atoms with Crippen LogP contribution in [0.15, 0.2) is 84.9 Å². The Bertz CT molecular complexity index is 1030. The Balaban J connectivity index is 1.48. The molecular formula is C28H30N2O2. The van der Waals surface area contributed by atoms with Gasteiger partial charge in [0, 0.05) is 18.2 Å². The quantitative estimate of drug-likeness (QED) is 0.533. The van der Waals surface area contributed by atoms with E-state index in [1.54, 1.807) is 0 Å². The first kappa shape index (κ1) is 21.8. The van der Waals surface area contributed by atoms with Crippen molar-refractivity contribution < 1.29 is 9.59 Å². The summed E-state index contributed by atoms with van der Waals surface area (Å²) >= 11 is 0. The Morgan fingerprint density at radius 2 is 1.41 bits per heavy atom. The summed E-state index contributed by atoms with van der Waals surface area (Å²) in [7, 11) is 0. The van der Waals surface area contributed by atoms with Crippen molar-refractivity contribution in [2.24, 2.45) is 5.92 Å². The summed E-state index contributed by atoms with van der Waals surface area (Å²) in [6.07, 6.45) is 4.46. The number of benzene rings is 3. The summed E-state index contributed by atoms with van der Waals surface area (Å²) in [5.41, 5.74) is 3.94. The Labute approximate surface area is 190 Å². The van der Waals surface area contributed by atoms with Crippen LogP contribution in [0.25, 0.3) is 0 Å². The normalized spacial score (nSPS) is 13.6. The van der Waals surface area contributed by atoms with Gasteiger partial charge < -0.3 is 10.2 Å². The lowest BCUT2D eigenvalue weighted by molar-refractivity contribution is -0.122. The highest BCUT2D eigenvalue weighted by molar-refractivity contribution is 5.95. The first-order valence-corrected chi connectivity index (χ1v) is 11.4. The van der Waals surface area contributed by atoms with Gasteiger partial charge in [-0.15, -0.1) is 0 Å². The Morgan fingerprint density at radius 1 is 0.781 bits per heavy atom. The summed E-state index contributed by atoms with van der Waals surface area (Å²) in [4.78, 5) is 27.8. The number of amides is 2. The second kappa shape index (κ2) is 10.8. The number of rotatable bonds is 8. The minimum absolute atomic E-state index is 0.0252. The molecule has 32 heavy (non-hydrogen) atoms. The van der Waals surface area contributed by atoms with E-state index >= 15 is 0 Å². The van der Waals surface area contributed by atoms with E-state index in [-0.39, 0.29) is 24.2 Å². The molecule has 0 saturated heterocycles. The van der Waals surface area contributed by atoms with Crippen molar-refractivity contribution in [1.29, 1.82) is 0 Å². The SMILES string of the molecule is O=C(Cc1cccc(N(Cc2ccccc2)C(=O)C2CCCC2)c1)NCc1ccccc1. The van der Waals surface area contributed by atoms with E-state index in [2.05, 4.69) is 17.4 Å². The summed E-state index contributed by atoms with van der Waals surface area (Å²) in [6, 6.07) is 27.8. The molecule has 1 fully saturated rings. The van der Waals surface area contributed by atoms with Gasteiger partial charge in [0.1, 0.15) is 0 Å². The maximum Gasteiger partial charge on any atom is 0.230 e. The van der Waals surface area contributed by atoms with E-state index in [0.29, 0.717) is 13.1 Å². The molecule has 0 aliphatic heterocycles. The third-order valence-corrected chi connectivity index (χ3v) is 6.07. The summed E-state index contributed by atoms with van der Waals surface area (Å²) in [5, 5.41) is 2.98. The van der Waals surface area contributed by atoms with Gasteiger partial charge in [-0.3, -0.25) is 9.59 Å². The summed E-state index contributed by atoms with van der Waals surface area (Å²) in [5.74, 6) is 0.260. The van der Waals surface area contributed by atoms with Crippen molar-refractivity contribution in [3.05, 3.63) is 102 Å². The molecule has 1 aliphatic carbocycles. The molecule has 4 nitrogen and oxygen atoms in total. The molecule has 0 radical (unpaired) electrons. The van der Waals surface area contributed by atoms with Crippen LogP contribution in [0.5, 0.6) is 0 Å². The van der Waals surface area contributed by atoms with Crippen LogP contribution >= 0.6 is 0 Å². The Hall–Kier alpha value is -3.40. The number of anilines is 1. The van der Waals surface area contributed by atoms with Crippen molar-refractivity contribution in [3.63, 3.8) is 0 Å². The van der Waals surface area contributed by atoms with Crippen LogP contribution in [0.4, 0.5) is 5.69 Å². The van der Waals surface area contributed by atoms with E-state index in [1.165, 1.54) is 0 Å². The molecular weight excluding hydrogens is 396 g/mol. The van der Waals surface area contributed by atoms with Crippen LogP contribution < -0.4 is 10.2 Å². The zero-order chi connectivity index (χ0) is 22.2. The van der Waals surface area contributed by atoms with Gasteiger partial charge in [0.15, 0.2) is 0 Å². The van der Waals surface area contributed by atoms with Gasteiger partial charge in [-0.2, -0.15) is 0 Å². The summed E-state index contributed by atoms with van der Waals surface area (Å²) in [6.45, 7) is 1.06. The van der Waals surface area contributed by atoms with E-state index < -0.39 is 0 Å². The lowest BCUT2D eigenvalue weighted by Gasteiger charge is -2.26. The molecule has 1 saturated carbocycles. The van der Waals surface area contributed by atoms with E-state index in [0.717, 1.165) is 48.1 Å². The summed E-state index contributed by atoms with van der Waals surface area (Å²) < 4.78 is 0. The molecule has 0 bridgehead atoms. The van der Waals surface area contributed by atoms with Crippen LogP contribution in [0.3, 0.4) is 0 Å². The third kappa shape index (κ3) is 5.85. The van der Waals surface area contributed by atoms with Crippen LogP contribution in [0.1, 0.15) is 42.4 Å². The topological polar surface area (TPSA) is 49.4 Å². The lowest BCUT2D eigenvalue weighted by Crippen LogP contribution is -2.35. The lowest BCUT2D eigenvalue weighted by atomic mass is 10.0. The van der Waals surface area contributed by atoms with Gasteiger partial charge in [0.2, 0.25) is 11.8 Å². The van der Waals surface area contributed by atoms with Crippen LogP contribution in [-0.2, 0) is 29.1 Å². The number of hydrogen-bond donors (Lipinski definition) is 1.